The van der Waals surface area contributed by atoms with Gasteiger partial charge in [-0.3, -0.25) is 9.36 Å². The lowest BCUT2D eigenvalue weighted by Crippen LogP contribution is -2.27. The van der Waals surface area contributed by atoms with E-state index >= 15 is 0 Å². The largest absolute Gasteiger partial charge is 0.497 e. The number of oxazole rings is 1. The predicted octanol–water partition coefficient (Wildman–Crippen LogP) is 2.04. The fourth-order valence-corrected chi connectivity index (χ4v) is 2.67. The van der Waals surface area contributed by atoms with E-state index in [2.05, 4.69) is 5.32 Å². The first kappa shape index (κ1) is 16.8. The number of nitrogens with zero attached hydrogens (tertiary/aromatic N) is 1. The first-order valence-corrected chi connectivity index (χ1v) is 8.05. The molecule has 0 spiro atoms. The van der Waals surface area contributed by atoms with Crippen molar-refractivity contribution in [3.05, 3.63) is 64.1 Å². The van der Waals surface area contributed by atoms with Crippen LogP contribution in [-0.4, -0.2) is 24.1 Å². The van der Waals surface area contributed by atoms with Crippen LogP contribution in [0.15, 0.2) is 51.7 Å². The molecule has 0 fully saturated rings. The topological polar surface area (TPSA) is 73.5 Å². The number of nitrogens with one attached hydrogen (secondary N) is 1. The van der Waals surface area contributed by atoms with Crippen LogP contribution in [0.1, 0.15) is 11.1 Å². The average Bonchev–Trinajstić information content (AvgIpc) is 2.89. The van der Waals surface area contributed by atoms with Gasteiger partial charge in [-0.25, -0.2) is 4.79 Å². The number of ether oxygens (including phenoxy) is 1. The van der Waals surface area contributed by atoms with Crippen LogP contribution in [0.2, 0.25) is 0 Å². The molecule has 6 nitrogen and oxygen atoms in total. The maximum atomic E-state index is 12.0. The Bertz CT molecular complexity index is 938. The van der Waals surface area contributed by atoms with Crippen molar-refractivity contribution in [1.82, 2.24) is 9.88 Å². The smallest absolute Gasteiger partial charge is 0.419 e. The summed E-state index contributed by atoms with van der Waals surface area (Å²) in [5.41, 5.74) is 3.27. The molecule has 0 bridgehead atoms. The van der Waals surface area contributed by atoms with Gasteiger partial charge >= 0.3 is 5.76 Å². The standard InChI is InChI=1S/C19H20N2O4/c1-21-16-8-5-14(11-17(16)25-19(21)23)9-10-20-18(22)12-13-3-6-15(24-2)7-4-13/h3-8,11H,9-10,12H2,1-2H3,(H,20,22). The minimum Gasteiger partial charge on any atom is -0.497 e. The van der Waals surface area contributed by atoms with E-state index in [1.54, 1.807) is 14.2 Å². The molecule has 3 aromatic rings. The van der Waals surface area contributed by atoms with Crippen molar-refractivity contribution in [1.29, 1.82) is 0 Å². The van der Waals surface area contributed by atoms with Crippen LogP contribution in [0.4, 0.5) is 0 Å². The van der Waals surface area contributed by atoms with Crippen molar-refractivity contribution in [3.63, 3.8) is 0 Å². The van der Waals surface area contributed by atoms with Crippen LogP contribution in [0.3, 0.4) is 0 Å². The van der Waals surface area contributed by atoms with E-state index in [4.69, 9.17) is 9.15 Å². The second-order valence-corrected chi connectivity index (χ2v) is 5.85. The normalized spacial score (nSPS) is 10.8. The summed E-state index contributed by atoms with van der Waals surface area (Å²) in [4.78, 5) is 23.5. The lowest BCUT2D eigenvalue weighted by atomic mass is 10.1. The van der Waals surface area contributed by atoms with Gasteiger partial charge in [0.1, 0.15) is 5.75 Å². The lowest BCUT2D eigenvalue weighted by Gasteiger charge is -2.06. The highest BCUT2D eigenvalue weighted by Gasteiger charge is 2.07. The Hall–Kier alpha value is -3.02. The summed E-state index contributed by atoms with van der Waals surface area (Å²) in [6.07, 6.45) is 0.999. The van der Waals surface area contributed by atoms with Crippen molar-refractivity contribution in [2.24, 2.45) is 7.05 Å². The molecule has 0 saturated heterocycles. The molecule has 2 aromatic carbocycles. The SMILES string of the molecule is COc1ccc(CC(=O)NCCc2ccc3c(c2)oc(=O)n3C)cc1. The molecule has 0 aliphatic carbocycles. The van der Waals surface area contributed by atoms with E-state index in [9.17, 15) is 9.59 Å². The number of carbonyl (C=O) groups excluding carboxylic acids is 1. The number of rotatable bonds is 6. The Morgan fingerprint density at radius 1 is 1.16 bits per heavy atom. The molecular weight excluding hydrogens is 320 g/mol. The third-order valence-corrected chi connectivity index (χ3v) is 4.12. The minimum atomic E-state index is -0.375. The van der Waals surface area contributed by atoms with Gasteiger partial charge in [-0.05, 0) is 41.8 Å². The van der Waals surface area contributed by atoms with Crippen LogP contribution < -0.4 is 15.8 Å². The maximum absolute atomic E-state index is 12.0. The molecule has 0 aliphatic rings. The molecule has 3 rings (SSSR count). The molecule has 1 aromatic heterocycles. The molecular formula is C19H20N2O4. The van der Waals surface area contributed by atoms with Crippen LogP contribution in [-0.2, 0) is 24.7 Å². The summed E-state index contributed by atoms with van der Waals surface area (Å²) >= 11 is 0. The molecule has 0 atom stereocenters. The maximum Gasteiger partial charge on any atom is 0.419 e. The van der Waals surface area contributed by atoms with E-state index in [-0.39, 0.29) is 11.7 Å². The van der Waals surface area contributed by atoms with Crippen molar-refractivity contribution in [2.75, 3.05) is 13.7 Å². The van der Waals surface area contributed by atoms with Gasteiger partial charge in [0, 0.05) is 13.6 Å². The summed E-state index contributed by atoms with van der Waals surface area (Å²) in [6, 6.07) is 13.1. The van der Waals surface area contributed by atoms with Gasteiger partial charge < -0.3 is 14.5 Å². The monoisotopic (exact) mass is 340 g/mol. The second kappa shape index (κ2) is 7.25. The van der Waals surface area contributed by atoms with E-state index in [0.717, 1.165) is 22.4 Å². The Labute approximate surface area is 145 Å². The zero-order valence-electron chi connectivity index (χ0n) is 14.2. The molecule has 1 N–H and O–H groups in total. The first-order valence-electron chi connectivity index (χ1n) is 8.05. The second-order valence-electron chi connectivity index (χ2n) is 5.85. The lowest BCUT2D eigenvalue weighted by molar-refractivity contribution is -0.120. The fraction of sp³-hybridized carbons (Fsp3) is 0.263. The number of benzene rings is 2. The summed E-state index contributed by atoms with van der Waals surface area (Å²) in [5, 5.41) is 2.91. The number of hydrogen-bond acceptors (Lipinski definition) is 4. The molecule has 0 saturated carbocycles. The molecule has 0 unspecified atom stereocenters. The Balaban J connectivity index is 1.53. The molecule has 1 heterocycles. The quantitative estimate of drug-likeness (QED) is 0.745. The number of fused-ring (bicyclic) bond motifs is 1. The van der Waals surface area contributed by atoms with Gasteiger partial charge in [0.15, 0.2) is 5.58 Å². The van der Waals surface area contributed by atoms with Crippen molar-refractivity contribution in [3.8, 4) is 5.75 Å². The number of aromatic nitrogens is 1. The van der Waals surface area contributed by atoms with Crippen molar-refractivity contribution >= 4 is 17.0 Å². The summed E-state index contributed by atoms with van der Waals surface area (Å²) < 4.78 is 11.7. The number of aryl methyl sites for hydroxylation is 1. The Morgan fingerprint density at radius 3 is 2.60 bits per heavy atom. The summed E-state index contributed by atoms with van der Waals surface area (Å²) in [6.45, 7) is 0.525. The van der Waals surface area contributed by atoms with Crippen LogP contribution in [0.5, 0.6) is 5.75 Å². The molecule has 0 aliphatic heterocycles. The molecule has 130 valence electrons. The van der Waals surface area contributed by atoms with E-state index in [0.29, 0.717) is 25.0 Å². The van der Waals surface area contributed by atoms with Gasteiger partial charge in [0.25, 0.3) is 0 Å². The average molecular weight is 340 g/mol. The van der Waals surface area contributed by atoms with Gasteiger partial charge in [0.2, 0.25) is 5.91 Å². The molecule has 6 heteroatoms. The van der Waals surface area contributed by atoms with Crippen LogP contribution in [0.25, 0.3) is 11.1 Å². The van der Waals surface area contributed by atoms with Crippen molar-refractivity contribution in [2.45, 2.75) is 12.8 Å². The number of methoxy groups -OCH3 is 1. The number of hydrogen-bond donors (Lipinski definition) is 1. The summed E-state index contributed by atoms with van der Waals surface area (Å²) in [5.74, 6) is 0.365. The van der Waals surface area contributed by atoms with Crippen LogP contribution in [0, 0.1) is 0 Å². The molecule has 0 radical (unpaired) electrons. The molecule has 1 amide bonds. The third-order valence-electron chi connectivity index (χ3n) is 4.12. The Morgan fingerprint density at radius 2 is 1.88 bits per heavy atom. The zero-order valence-corrected chi connectivity index (χ0v) is 14.2. The highest BCUT2D eigenvalue weighted by Crippen LogP contribution is 2.14. The molecule has 25 heavy (non-hydrogen) atoms. The van der Waals surface area contributed by atoms with Crippen molar-refractivity contribution < 1.29 is 13.9 Å². The van der Waals surface area contributed by atoms with E-state index in [1.165, 1.54) is 4.57 Å². The highest BCUT2D eigenvalue weighted by molar-refractivity contribution is 5.78. The third kappa shape index (κ3) is 3.91. The highest BCUT2D eigenvalue weighted by atomic mass is 16.5. The zero-order chi connectivity index (χ0) is 17.8. The van der Waals surface area contributed by atoms with Gasteiger partial charge in [-0.15, -0.1) is 0 Å². The van der Waals surface area contributed by atoms with Gasteiger partial charge in [0.05, 0.1) is 19.0 Å². The van der Waals surface area contributed by atoms with E-state index in [1.807, 2.05) is 42.5 Å². The Kier molecular flexibility index (Phi) is 4.88. The van der Waals surface area contributed by atoms with Crippen LogP contribution >= 0.6 is 0 Å². The van der Waals surface area contributed by atoms with E-state index < -0.39 is 0 Å². The minimum absolute atomic E-state index is 0.0301. The number of carbonyl (C=O) groups is 1. The first-order chi connectivity index (χ1) is 12.1. The number of amides is 1. The van der Waals surface area contributed by atoms with Gasteiger partial charge in [-0.1, -0.05) is 18.2 Å². The predicted molar refractivity (Wildman–Crippen MR) is 94.9 cm³/mol. The fourth-order valence-electron chi connectivity index (χ4n) is 2.67. The summed E-state index contributed by atoms with van der Waals surface area (Å²) in [7, 11) is 3.28. The van der Waals surface area contributed by atoms with Gasteiger partial charge in [-0.2, -0.15) is 0 Å².